The van der Waals surface area contributed by atoms with E-state index in [2.05, 4.69) is 32.6 Å². The van der Waals surface area contributed by atoms with E-state index in [0.717, 1.165) is 83.7 Å². The van der Waals surface area contributed by atoms with E-state index in [0.29, 0.717) is 50.9 Å². The highest BCUT2D eigenvalue weighted by Gasteiger charge is 2.15. The molecule has 0 spiro atoms. The molecule has 0 saturated carbocycles. The first-order chi connectivity index (χ1) is 28.4. The second-order valence-corrected chi connectivity index (χ2v) is 18.0. The van der Waals surface area contributed by atoms with E-state index in [1.165, 1.54) is 141 Å². The Morgan fingerprint density at radius 1 is 0.431 bits per heavy atom. The molecule has 0 aliphatic heterocycles. The summed E-state index contributed by atoms with van der Waals surface area (Å²) >= 11 is 0. The van der Waals surface area contributed by atoms with Gasteiger partial charge in [0.05, 0.1) is 19.3 Å². The Hall–Kier alpha value is -1.18. The Balaban J connectivity index is 4.39. The summed E-state index contributed by atoms with van der Waals surface area (Å²) in [5.74, 6) is 1.22. The fourth-order valence-corrected chi connectivity index (χ4v) is 8.40. The van der Waals surface area contributed by atoms with Crippen LogP contribution in [0.2, 0.25) is 0 Å². The van der Waals surface area contributed by atoms with E-state index in [1.807, 2.05) is 0 Å². The zero-order chi connectivity index (χ0) is 42.6. The lowest BCUT2D eigenvalue weighted by molar-refractivity contribution is -0.145. The van der Waals surface area contributed by atoms with Gasteiger partial charge in [-0.3, -0.25) is 9.59 Å². The van der Waals surface area contributed by atoms with E-state index in [-0.39, 0.29) is 18.5 Å². The molecule has 7 nitrogen and oxygen atoms in total. The zero-order valence-corrected chi connectivity index (χ0v) is 39.4. The molecule has 0 aromatic heterocycles. The molecule has 346 valence electrons. The van der Waals surface area contributed by atoms with Gasteiger partial charge < -0.3 is 24.6 Å². The molecule has 2 N–H and O–H groups in total. The van der Waals surface area contributed by atoms with Gasteiger partial charge in [-0.05, 0) is 82.7 Å². The highest BCUT2D eigenvalue weighted by atomic mass is 16.5. The quantitative estimate of drug-likeness (QED) is 0.0466. The number of aliphatic hydroxyl groups is 2. The third-order valence-electron chi connectivity index (χ3n) is 12.3. The Labute approximate surface area is 361 Å². The molecule has 0 aliphatic rings. The Morgan fingerprint density at radius 3 is 1.21 bits per heavy atom. The van der Waals surface area contributed by atoms with Crippen molar-refractivity contribution in [2.75, 3.05) is 39.5 Å². The SMILES string of the molecule is CCCCCCCC(CCCCCC)CCOC(=O)CCCCCCN(CCCCCO)CC(O)CCCCC(=O)OCCC(CCCCCC)CCCCCCC. The number of ether oxygens (including phenoxy) is 2. The number of carbonyl (C=O) groups is 2. The van der Waals surface area contributed by atoms with Crippen molar-refractivity contribution in [2.45, 2.75) is 265 Å². The number of hydrogen-bond acceptors (Lipinski definition) is 7. The molecule has 58 heavy (non-hydrogen) atoms. The van der Waals surface area contributed by atoms with Crippen molar-refractivity contribution in [3.05, 3.63) is 0 Å². The van der Waals surface area contributed by atoms with E-state index in [4.69, 9.17) is 9.47 Å². The van der Waals surface area contributed by atoms with Crippen LogP contribution in [0.3, 0.4) is 0 Å². The van der Waals surface area contributed by atoms with Gasteiger partial charge in [0.15, 0.2) is 0 Å². The predicted molar refractivity (Wildman–Crippen MR) is 247 cm³/mol. The van der Waals surface area contributed by atoms with E-state index >= 15 is 0 Å². The average molecular weight is 824 g/mol. The average Bonchev–Trinajstić information content (AvgIpc) is 3.21. The first-order valence-electron chi connectivity index (χ1n) is 25.7. The minimum atomic E-state index is -0.411. The van der Waals surface area contributed by atoms with Crippen molar-refractivity contribution in [3.63, 3.8) is 0 Å². The molecule has 0 fully saturated rings. The third-order valence-corrected chi connectivity index (χ3v) is 12.3. The molecule has 0 rings (SSSR count). The lowest BCUT2D eigenvalue weighted by Gasteiger charge is -2.25. The summed E-state index contributed by atoms with van der Waals surface area (Å²) in [6.45, 7) is 12.9. The number of rotatable bonds is 47. The van der Waals surface area contributed by atoms with Crippen LogP contribution in [0.1, 0.15) is 259 Å². The number of hydrogen-bond donors (Lipinski definition) is 2. The van der Waals surface area contributed by atoms with Crippen molar-refractivity contribution in [2.24, 2.45) is 11.8 Å². The third kappa shape index (κ3) is 40.2. The van der Waals surface area contributed by atoms with Crippen LogP contribution in [0.15, 0.2) is 0 Å². The second-order valence-electron chi connectivity index (χ2n) is 18.0. The molecule has 0 radical (unpaired) electrons. The van der Waals surface area contributed by atoms with Crippen LogP contribution in [0.25, 0.3) is 0 Å². The van der Waals surface area contributed by atoms with Crippen LogP contribution in [-0.4, -0.2) is 72.6 Å². The Morgan fingerprint density at radius 2 is 0.776 bits per heavy atom. The highest BCUT2D eigenvalue weighted by molar-refractivity contribution is 5.69. The van der Waals surface area contributed by atoms with Crippen LogP contribution in [0, 0.1) is 11.8 Å². The normalized spacial score (nSPS) is 13.2. The van der Waals surface area contributed by atoms with Crippen molar-refractivity contribution in [3.8, 4) is 0 Å². The predicted octanol–water partition coefficient (Wildman–Crippen LogP) is 14.1. The van der Waals surface area contributed by atoms with Crippen molar-refractivity contribution in [1.29, 1.82) is 0 Å². The van der Waals surface area contributed by atoms with Gasteiger partial charge >= 0.3 is 11.9 Å². The maximum atomic E-state index is 12.5. The molecule has 0 amide bonds. The van der Waals surface area contributed by atoms with Gasteiger partial charge in [-0.1, -0.05) is 188 Å². The largest absolute Gasteiger partial charge is 0.466 e. The van der Waals surface area contributed by atoms with Gasteiger partial charge in [0.25, 0.3) is 0 Å². The smallest absolute Gasteiger partial charge is 0.305 e. The Bertz CT molecular complexity index is 855. The lowest BCUT2D eigenvalue weighted by Crippen LogP contribution is -2.34. The second kappa shape index (κ2) is 45.3. The summed E-state index contributed by atoms with van der Waals surface area (Å²) in [6.07, 6.45) is 40.3. The van der Waals surface area contributed by atoms with Crippen LogP contribution < -0.4 is 0 Å². The summed E-state index contributed by atoms with van der Waals surface area (Å²) < 4.78 is 11.4. The molecule has 3 unspecified atom stereocenters. The fourth-order valence-electron chi connectivity index (χ4n) is 8.40. The van der Waals surface area contributed by atoms with Crippen LogP contribution in [-0.2, 0) is 19.1 Å². The minimum Gasteiger partial charge on any atom is -0.466 e. The maximum absolute atomic E-state index is 12.5. The van der Waals surface area contributed by atoms with Crippen LogP contribution in [0.4, 0.5) is 0 Å². The topological polar surface area (TPSA) is 96.3 Å². The monoisotopic (exact) mass is 824 g/mol. The van der Waals surface area contributed by atoms with Gasteiger partial charge in [0.2, 0.25) is 0 Å². The number of carbonyl (C=O) groups excluding carboxylic acids is 2. The summed E-state index contributed by atoms with van der Waals surface area (Å²) in [4.78, 5) is 27.4. The van der Waals surface area contributed by atoms with Gasteiger partial charge in [0.1, 0.15) is 0 Å². The maximum Gasteiger partial charge on any atom is 0.305 e. The van der Waals surface area contributed by atoms with Gasteiger partial charge in [0, 0.05) is 26.0 Å². The molecule has 0 heterocycles. The molecule has 0 aromatic carbocycles. The van der Waals surface area contributed by atoms with E-state index in [1.54, 1.807) is 0 Å². The van der Waals surface area contributed by atoms with Crippen molar-refractivity contribution in [1.82, 2.24) is 4.90 Å². The van der Waals surface area contributed by atoms with Crippen molar-refractivity contribution >= 4 is 11.9 Å². The number of esters is 2. The first-order valence-corrected chi connectivity index (χ1v) is 25.7. The summed E-state index contributed by atoms with van der Waals surface area (Å²) in [5, 5.41) is 20.1. The molecule has 0 bridgehead atoms. The van der Waals surface area contributed by atoms with Crippen LogP contribution in [0.5, 0.6) is 0 Å². The fraction of sp³-hybridized carbons (Fsp3) is 0.961. The number of nitrogens with zero attached hydrogens (tertiary/aromatic N) is 1. The van der Waals surface area contributed by atoms with E-state index < -0.39 is 6.10 Å². The lowest BCUT2D eigenvalue weighted by atomic mass is 9.92. The first kappa shape index (κ1) is 56.8. The molecule has 3 atom stereocenters. The Kier molecular flexibility index (Phi) is 44.4. The van der Waals surface area contributed by atoms with Crippen molar-refractivity contribution < 1.29 is 29.3 Å². The summed E-state index contributed by atoms with van der Waals surface area (Å²) in [7, 11) is 0. The number of unbranched alkanes of at least 4 members (excludes halogenated alkanes) is 20. The molecule has 0 saturated heterocycles. The zero-order valence-electron chi connectivity index (χ0n) is 39.4. The molecule has 7 heteroatoms. The molecule has 0 aliphatic carbocycles. The molecular weight excluding hydrogens is 723 g/mol. The van der Waals surface area contributed by atoms with Gasteiger partial charge in [-0.25, -0.2) is 0 Å². The standard InChI is InChI=1S/C51H101NO6/c1-5-9-13-17-24-34-47(32-22-15-11-7-3)39-44-57-50(55)37-26-19-20-29-41-52(42-30-21-31-43-53)46-49(54)36-27-28-38-51(56)58-45-40-48(33-23-16-12-8-4)35-25-18-14-10-6-2/h47-49,53-54H,5-46H2,1-4H3. The van der Waals surface area contributed by atoms with Gasteiger partial charge in [-0.2, -0.15) is 0 Å². The van der Waals surface area contributed by atoms with Gasteiger partial charge in [-0.15, -0.1) is 0 Å². The molecular formula is C51H101NO6. The van der Waals surface area contributed by atoms with Crippen LogP contribution >= 0.6 is 0 Å². The minimum absolute atomic E-state index is 0.0418. The highest BCUT2D eigenvalue weighted by Crippen LogP contribution is 2.23. The molecule has 0 aromatic rings. The summed E-state index contributed by atoms with van der Waals surface area (Å²) in [5.41, 5.74) is 0. The van der Waals surface area contributed by atoms with E-state index in [9.17, 15) is 19.8 Å². The number of aliphatic hydroxyl groups excluding tert-OH is 2. The summed E-state index contributed by atoms with van der Waals surface area (Å²) in [6, 6.07) is 0.